The molecule has 4 heteroatoms. The zero-order valence-corrected chi connectivity index (χ0v) is 8.47. The van der Waals surface area contributed by atoms with E-state index in [0.717, 1.165) is 30.1 Å². The Bertz CT molecular complexity index is 283. The van der Waals surface area contributed by atoms with Crippen molar-refractivity contribution in [1.82, 2.24) is 10.3 Å². The SMILES string of the molecule is CNCc1csc(C(O)C2CC2)n1. The molecule has 72 valence electrons. The summed E-state index contributed by atoms with van der Waals surface area (Å²) in [6, 6.07) is 0. The van der Waals surface area contributed by atoms with Gasteiger partial charge in [0.15, 0.2) is 0 Å². The summed E-state index contributed by atoms with van der Waals surface area (Å²) in [6.45, 7) is 0.786. The normalized spacial score (nSPS) is 18.9. The van der Waals surface area contributed by atoms with E-state index in [4.69, 9.17) is 0 Å². The number of rotatable bonds is 4. The van der Waals surface area contributed by atoms with Gasteiger partial charge in [-0.15, -0.1) is 11.3 Å². The van der Waals surface area contributed by atoms with Gasteiger partial charge in [-0.25, -0.2) is 4.98 Å². The first kappa shape index (κ1) is 9.12. The predicted octanol–water partition coefficient (Wildman–Crippen LogP) is 1.31. The Hall–Kier alpha value is -0.450. The highest BCUT2D eigenvalue weighted by Gasteiger charge is 2.32. The summed E-state index contributed by atoms with van der Waals surface area (Å²) < 4.78 is 0. The molecule has 1 heterocycles. The molecule has 0 amide bonds. The lowest BCUT2D eigenvalue weighted by molar-refractivity contribution is 0.153. The number of thiazole rings is 1. The molecular weight excluding hydrogens is 184 g/mol. The van der Waals surface area contributed by atoms with Crippen LogP contribution < -0.4 is 5.32 Å². The van der Waals surface area contributed by atoms with Crippen molar-refractivity contribution in [2.24, 2.45) is 5.92 Å². The van der Waals surface area contributed by atoms with Crippen molar-refractivity contribution in [3.8, 4) is 0 Å². The predicted molar refractivity (Wildman–Crippen MR) is 52.6 cm³/mol. The summed E-state index contributed by atoms with van der Waals surface area (Å²) in [5, 5.41) is 15.7. The van der Waals surface area contributed by atoms with Crippen molar-refractivity contribution >= 4 is 11.3 Å². The average Bonchev–Trinajstić information content (AvgIpc) is 2.87. The van der Waals surface area contributed by atoms with Gasteiger partial charge in [0.1, 0.15) is 11.1 Å². The van der Waals surface area contributed by atoms with Gasteiger partial charge in [-0.2, -0.15) is 0 Å². The molecular formula is C9H14N2OS. The third kappa shape index (κ3) is 2.07. The van der Waals surface area contributed by atoms with E-state index >= 15 is 0 Å². The number of nitrogens with one attached hydrogen (secondary N) is 1. The third-order valence-electron chi connectivity index (χ3n) is 2.25. The number of aliphatic hydroxyl groups is 1. The molecule has 0 aromatic carbocycles. The van der Waals surface area contributed by atoms with Crippen molar-refractivity contribution in [2.45, 2.75) is 25.5 Å². The molecule has 3 nitrogen and oxygen atoms in total. The van der Waals surface area contributed by atoms with Crippen LogP contribution in [0.25, 0.3) is 0 Å². The van der Waals surface area contributed by atoms with Crippen LogP contribution in [0.3, 0.4) is 0 Å². The lowest BCUT2D eigenvalue weighted by Gasteiger charge is -2.03. The van der Waals surface area contributed by atoms with Gasteiger partial charge in [0, 0.05) is 11.9 Å². The van der Waals surface area contributed by atoms with Crippen LogP contribution in [0.15, 0.2) is 5.38 Å². The van der Waals surface area contributed by atoms with Crippen molar-refractivity contribution < 1.29 is 5.11 Å². The molecule has 1 aliphatic rings. The molecule has 0 saturated heterocycles. The molecule has 1 fully saturated rings. The van der Waals surface area contributed by atoms with Crippen LogP contribution in [-0.2, 0) is 6.54 Å². The van der Waals surface area contributed by atoms with E-state index in [1.54, 1.807) is 11.3 Å². The molecule has 0 radical (unpaired) electrons. The Balaban J connectivity index is 2.03. The fraction of sp³-hybridized carbons (Fsp3) is 0.667. The van der Waals surface area contributed by atoms with E-state index in [0.29, 0.717) is 5.92 Å². The van der Waals surface area contributed by atoms with Crippen LogP contribution >= 0.6 is 11.3 Å². The van der Waals surface area contributed by atoms with Gasteiger partial charge in [-0.1, -0.05) is 0 Å². The minimum absolute atomic E-state index is 0.310. The Kier molecular flexibility index (Phi) is 2.62. The Morgan fingerprint density at radius 2 is 2.54 bits per heavy atom. The van der Waals surface area contributed by atoms with E-state index in [9.17, 15) is 5.11 Å². The third-order valence-corrected chi connectivity index (χ3v) is 3.21. The van der Waals surface area contributed by atoms with Gasteiger partial charge in [0.25, 0.3) is 0 Å². The molecule has 0 spiro atoms. The van der Waals surface area contributed by atoms with E-state index in [1.165, 1.54) is 0 Å². The average molecular weight is 198 g/mol. The molecule has 1 saturated carbocycles. The van der Waals surface area contributed by atoms with E-state index in [-0.39, 0.29) is 6.10 Å². The second-order valence-electron chi connectivity index (χ2n) is 3.49. The number of aromatic nitrogens is 1. The fourth-order valence-electron chi connectivity index (χ4n) is 1.33. The molecule has 1 aromatic heterocycles. The molecule has 2 rings (SSSR count). The minimum Gasteiger partial charge on any atom is -0.386 e. The number of nitrogens with zero attached hydrogens (tertiary/aromatic N) is 1. The lowest BCUT2D eigenvalue weighted by Crippen LogP contribution is -2.06. The highest BCUT2D eigenvalue weighted by Crippen LogP contribution is 2.41. The second-order valence-corrected chi connectivity index (χ2v) is 4.38. The molecule has 0 aliphatic heterocycles. The van der Waals surface area contributed by atoms with E-state index < -0.39 is 0 Å². The maximum absolute atomic E-state index is 9.77. The van der Waals surface area contributed by atoms with Crippen LogP contribution in [0.4, 0.5) is 0 Å². The summed E-state index contributed by atoms with van der Waals surface area (Å²) >= 11 is 1.56. The molecule has 1 aromatic rings. The fourth-order valence-corrected chi connectivity index (χ4v) is 2.23. The highest BCUT2D eigenvalue weighted by atomic mass is 32.1. The Labute approximate surface area is 81.8 Å². The monoisotopic (exact) mass is 198 g/mol. The summed E-state index contributed by atoms with van der Waals surface area (Å²) in [6.07, 6.45) is 2.00. The topological polar surface area (TPSA) is 45.1 Å². The van der Waals surface area contributed by atoms with Gasteiger partial charge in [-0.3, -0.25) is 0 Å². The van der Waals surface area contributed by atoms with Gasteiger partial charge >= 0.3 is 0 Å². The lowest BCUT2D eigenvalue weighted by atomic mass is 10.2. The van der Waals surface area contributed by atoms with Crippen LogP contribution in [0.1, 0.15) is 29.6 Å². The molecule has 13 heavy (non-hydrogen) atoms. The maximum atomic E-state index is 9.77. The first-order chi connectivity index (χ1) is 6.31. The Morgan fingerprint density at radius 1 is 1.77 bits per heavy atom. The van der Waals surface area contributed by atoms with E-state index in [1.807, 2.05) is 12.4 Å². The van der Waals surface area contributed by atoms with Crippen molar-refractivity contribution in [1.29, 1.82) is 0 Å². The van der Waals surface area contributed by atoms with Gasteiger partial charge in [-0.05, 0) is 25.8 Å². The maximum Gasteiger partial charge on any atom is 0.122 e. The quantitative estimate of drug-likeness (QED) is 0.766. The summed E-state index contributed by atoms with van der Waals surface area (Å²) in [5.74, 6) is 0.480. The molecule has 2 N–H and O–H groups in total. The van der Waals surface area contributed by atoms with Crippen molar-refractivity contribution in [3.05, 3.63) is 16.1 Å². The number of hydrogen-bond acceptors (Lipinski definition) is 4. The second kappa shape index (κ2) is 3.74. The van der Waals surface area contributed by atoms with Crippen LogP contribution in [-0.4, -0.2) is 17.1 Å². The van der Waals surface area contributed by atoms with Crippen molar-refractivity contribution in [2.75, 3.05) is 7.05 Å². The van der Waals surface area contributed by atoms with Crippen LogP contribution in [0.5, 0.6) is 0 Å². The molecule has 1 aliphatic carbocycles. The van der Waals surface area contributed by atoms with Gasteiger partial charge in [0.2, 0.25) is 0 Å². The van der Waals surface area contributed by atoms with Gasteiger partial charge < -0.3 is 10.4 Å². The summed E-state index contributed by atoms with van der Waals surface area (Å²) in [4.78, 5) is 4.37. The van der Waals surface area contributed by atoms with E-state index in [2.05, 4.69) is 10.3 Å². The molecule has 1 unspecified atom stereocenters. The summed E-state index contributed by atoms with van der Waals surface area (Å²) in [7, 11) is 1.90. The zero-order chi connectivity index (χ0) is 9.26. The highest BCUT2D eigenvalue weighted by molar-refractivity contribution is 7.09. The summed E-state index contributed by atoms with van der Waals surface area (Å²) in [5.41, 5.74) is 1.03. The smallest absolute Gasteiger partial charge is 0.122 e. The molecule has 0 bridgehead atoms. The standard InChI is InChI=1S/C9H14N2OS/c1-10-4-7-5-13-9(11-7)8(12)6-2-3-6/h5-6,8,10,12H,2-4H2,1H3. The molecule has 1 atom stereocenters. The number of hydrogen-bond donors (Lipinski definition) is 2. The van der Waals surface area contributed by atoms with Gasteiger partial charge in [0.05, 0.1) is 5.69 Å². The van der Waals surface area contributed by atoms with Crippen LogP contribution in [0, 0.1) is 5.92 Å². The van der Waals surface area contributed by atoms with Crippen molar-refractivity contribution in [3.63, 3.8) is 0 Å². The first-order valence-corrected chi connectivity index (χ1v) is 5.46. The van der Waals surface area contributed by atoms with Crippen LogP contribution in [0.2, 0.25) is 0 Å². The zero-order valence-electron chi connectivity index (χ0n) is 7.66. The largest absolute Gasteiger partial charge is 0.386 e. The number of aliphatic hydroxyl groups excluding tert-OH is 1. The first-order valence-electron chi connectivity index (χ1n) is 4.58. The Morgan fingerprint density at radius 3 is 3.15 bits per heavy atom. The minimum atomic E-state index is -0.310.